The van der Waals surface area contributed by atoms with Crippen molar-refractivity contribution in [1.29, 1.82) is 0 Å². The minimum absolute atomic E-state index is 0.0816. The van der Waals surface area contributed by atoms with Crippen molar-refractivity contribution < 1.29 is 13.2 Å². The Hall–Kier alpha value is -3.65. The van der Waals surface area contributed by atoms with Crippen LogP contribution < -0.4 is 10.6 Å². The molecule has 0 radical (unpaired) electrons. The molecule has 1 spiro atoms. The second-order valence-corrected chi connectivity index (χ2v) is 11.5. The van der Waals surface area contributed by atoms with Crippen molar-refractivity contribution in [2.45, 2.75) is 36.5 Å². The molecule has 0 unspecified atom stereocenters. The first-order chi connectivity index (χ1) is 16.2. The Morgan fingerprint density at radius 3 is 2.65 bits per heavy atom. The fraction of sp³-hybridized carbons (Fsp3) is 0.231. The van der Waals surface area contributed by atoms with Gasteiger partial charge in [0.2, 0.25) is 5.91 Å². The standard InChI is InChI=1S/C26H24N4O3S/c1-14-4-8-22-19(10-14)26(25(31)28-22)13-20(26)16-5-7-18-23(12-16)29-30-24(18)27-21-9-6-17(11-15(21)2)34(3,32)33/h4-12,20H,13H2,1-3H3,(H,28,31)(H2,27,29,30)/t20-,26-/m0/s1. The minimum atomic E-state index is -3.26. The molecule has 1 aliphatic carbocycles. The van der Waals surface area contributed by atoms with Crippen molar-refractivity contribution >= 4 is 43.8 Å². The van der Waals surface area contributed by atoms with E-state index in [-0.39, 0.29) is 16.7 Å². The SMILES string of the molecule is Cc1ccc2c(c1)[C@]1(C[C@H]1c1ccc3c(Nc4ccc(S(C)(=O)=O)cc4C)n[nH]c3c1)C(=O)N2. The molecule has 0 saturated heterocycles. The molecular formula is C26H24N4O3S. The third-order valence-corrected chi connectivity index (χ3v) is 8.25. The van der Waals surface area contributed by atoms with E-state index in [1.54, 1.807) is 18.2 Å². The van der Waals surface area contributed by atoms with Gasteiger partial charge in [0, 0.05) is 28.9 Å². The number of carbonyl (C=O) groups is 1. The lowest BCUT2D eigenvalue weighted by molar-refractivity contribution is -0.118. The number of benzene rings is 3. The molecule has 8 heteroatoms. The smallest absolute Gasteiger partial charge is 0.235 e. The van der Waals surface area contributed by atoms with Gasteiger partial charge in [0.15, 0.2) is 15.7 Å². The average Bonchev–Trinajstić information content (AvgIpc) is 3.34. The summed E-state index contributed by atoms with van der Waals surface area (Å²) in [5.74, 6) is 0.880. The van der Waals surface area contributed by atoms with Crippen molar-refractivity contribution in [3.63, 3.8) is 0 Å². The Morgan fingerprint density at radius 1 is 1.06 bits per heavy atom. The molecule has 4 aromatic rings. The second kappa shape index (κ2) is 6.93. The second-order valence-electron chi connectivity index (χ2n) is 9.48. The molecule has 7 nitrogen and oxygen atoms in total. The van der Waals surface area contributed by atoms with Gasteiger partial charge in [0.05, 0.1) is 15.8 Å². The lowest BCUT2D eigenvalue weighted by Crippen LogP contribution is -2.21. The van der Waals surface area contributed by atoms with Gasteiger partial charge in [-0.25, -0.2) is 8.42 Å². The molecular weight excluding hydrogens is 448 g/mol. The summed E-state index contributed by atoms with van der Waals surface area (Å²) in [6.07, 6.45) is 2.00. The van der Waals surface area contributed by atoms with Crippen LogP contribution in [0.15, 0.2) is 59.5 Å². The monoisotopic (exact) mass is 472 g/mol. The van der Waals surface area contributed by atoms with Crippen molar-refractivity contribution in [2.75, 3.05) is 16.9 Å². The van der Waals surface area contributed by atoms with Crippen LogP contribution in [-0.4, -0.2) is 30.8 Å². The number of fused-ring (bicyclic) bond motifs is 3. The molecule has 0 bridgehead atoms. The van der Waals surface area contributed by atoms with Crippen LogP contribution in [0, 0.1) is 13.8 Å². The molecule has 1 amide bonds. The van der Waals surface area contributed by atoms with Crippen LogP contribution in [0.3, 0.4) is 0 Å². The van der Waals surface area contributed by atoms with Crippen molar-refractivity contribution in [1.82, 2.24) is 10.2 Å². The maximum absolute atomic E-state index is 12.9. The summed E-state index contributed by atoms with van der Waals surface area (Å²) in [6, 6.07) is 17.3. The first kappa shape index (κ1) is 20.9. The zero-order valence-corrected chi connectivity index (χ0v) is 19.9. The maximum Gasteiger partial charge on any atom is 0.235 e. The highest BCUT2D eigenvalue weighted by atomic mass is 32.2. The van der Waals surface area contributed by atoms with E-state index in [1.165, 1.54) is 6.26 Å². The van der Waals surface area contributed by atoms with Crippen molar-refractivity contribution in [3.8, 4) is 0 Å². The van der Waals surface area contributed by atoms with Crippen molar-refractivity contribution in [2.24, 2.45) is 0 Å². The van der Waals surface area contributed by atoms with Crippen LogP contribution in [0.1, 0.15) is 34.6 Å². The quantitative estimate of drug-likeness (QED) is 0.399. The largest absolute Gasteiger partial charge is 0.338 e. The summed E-state index contributed by atoms with van der Waals surface area (Å²) >= 11 is 0. The lowest BCUT2D eigenvalue weighted by atomic mass is 9.91. The molecule has 2 aliphatic rings. The Balaban J connectivity index is 1.30. The van der Waals surface area contributed by atoms with Gasteiger partial charge in [-0.1, -0.05) is 23.8 Å². The molecule has 1 fully saturated rings. The number of amides is 1. The zero-order valence-electron chi connectivity index (χ0n) is 19.1. The third kappa shape index (κ3) is 3.05. The van der Waals surface area contributed by atoms with Crippen LogP contribution in [0.4, 0.5) is 17.2 Å². The van der Waals surface area contributed by atoms with Gasteiger partial charge in [-0.15, -0.1) is 0 Å². The van der Waals surface area contributed by atoms with Gasteiger partial charge < -0.3 is 10.6 Å². The van der Waals surface area contributed by atoms with E-state index >= 15 is 0 Å². The number of nitrogens with one attached hydrogen (secondary N) is 3. The zero-order chi connectivity index (χ0) is 23.8. The summed E-state index contributed by atoms with van der Waals surface area (Å²) in [4.78, 5) is 13.2. The molecule has 34 heavy (non-hydrogen) atoms. The van der Waals surface area contributed by atoms with Gasteiger partial charge in [0.25, 0.3) is 0 Å². The fourth-order valence-corrected chi connectivity index (χ4v) is 5.90. The van der Waals surface area contributed by atoms with E-state index in [1.807, 2.05) is 25.1 Å². The van der Waals surface area contributed by atoms with Gasteiger partial charge in [-0.3, -0.25) is 9.89 Å². The lowest BCUT2D eigenvalue weighted by Gasteiger charge is -2.10. The molecule has 2 heterocycles. The van der Waals surface area contributed by atoms with Gasteiger partial charge in [-0.2, -0.15) is 5.10 Å². The van der Waals surface area contributed by atoms with Crippen LogP contribution in [0.2, 0.25) is 0 Å². The van der Waals surface area contributed by atoms with E-state index < -0.39 is 15.3 Å². The Kier molecular flexibility index (Phi) is 4.26. The molecule has 2 atom stereocenters. The number of aromatic amines is 1. The highest BCUT2D eigenvalue weighted by Gasteiger charge is 2.65. The van der Waals surface area contributed by atoms with Crippen molar-refractivity contribution in [3.05, 3.63) is 76.9 Å². The Bertz CT molecular complexity index is 1620. The van der Waals surface area contributed by atoms with Crippen LogP contribution in [-0.2, 0) is 20.0 Å². The summed E-state index contributed by atoms with van der Waals surface area (Å²) < 4.78 is 23.6. The van der Waals surface area contributed by atoms with Gasteiger partial charge in [-0.05, 0) is 73.4 Å². The number of hydrogen-bond acceptors (Lipinski definition) is 5. The number of hydrogen-bond donors (Lipinski definition) is 3. The van der Waals surface area contributed by atoms with E-state index in [2.05, 4.69) is 46.0 Å². The average molecular weight is 473 g/mol. The molecule has 6 rings (SSSR count). The number of H-pyrrole nitrogens is 1. The van der Waals surface area contributed by atoms with Crippen LogP contribution in [0.5, 0.6) is 0 Å². The van der Waals surface area contributed by atoms with Gasteiger partial charge >= 0.3 is 0 Å². The highest BCUT2D eigenvalue weighted by molar-refractivity contribution is 7.90. The number of aryl methyl sites for hydroxylation is 2. The summed E-state index contributed by atoms with van der Waals surface area (Å²) in [6.45, 7) is 3.92. The molecule has 172 valence electrons. The van der Waals surface area contributed by atoms with Crippen LogP contribution in [0.25, 0.3) is 10.9 Å². The number of aromatic nitrogens is 2. The number of carbonyl (C=O) groups excluding carboxylic acids is 1. The molecule has 1 aromatic heterocycles. The van der Waals surface area contributed by atoms with Crippen LogP contribution >= 0.6 is 0 Å². The van der Waals surface area contributed by atoms with Gasteiger partial charge in [0.1, 0.15) is 0 Å². The Labute approximate surface area is 197 Å². The third-order valence-electron chi connectivity index (χ3n) is 7.14. The summed E-state index contributed by atoms with van der Waals surface area (Å²) in [7, 11) is -3.26. The van der Waals surface area contributed by atoms with E-state index in [9.17, 15) is 13.2 Å². The number of nitrogens with zero attached hydrogens (tertiary/aromatic N) is 1. The first-order valence-electron chi connectivity index (χ1n) is 11.2. The predicted molar refractivity (Wildman–Crippen MR) is 133 cm³/mol. The highest BCUT2D eigenvalue weighted by Crippen LogP contribution is 2.65. The van der Waals surface area contributed by atoms with E-state index in [4.69, 9.17) is 0 Å². The minimum Gasteiger partial charge on any atom is -0.338 e. The predicted octanol–water partition coefficient (Wildman–Crippen LogP) is 4.70. The molecule has 1 saturated carbocycles. The summed E-state index contributed by atoms with van der Waals surface area (Å²) in [5.41, 5.74) is 6.30. The number of rotatable bonds is 4. The number of sulfone groups is 1. The molecule has 3 aromatic carbocycles. The molecule has 3 N–H and O–H groups in total. The topological polar surface area (TPSA) is 104 Å². The Morgan fingerprint density at radius 2 is 1.88 bits per heavy atom. The number of anilines is 3. The van der Waals surface area contributed by atoms with E-state index in [0.717, 1.165) is 51.0 Å². The molecule has 1 aliphatic heterocycles. The normalized spacial score (nSPS) is 21.0. The van der Waals surface area contributed by atoms with E-state index in [0.29, 0.717) is 5.82 Å². The maximum atomic E-state index is 12.9. The first-order valence-corrected chi connectivity index (χ1v) is 13.0. The summed E-state index contributed by atoms with van der Waals surface area (Å²) in [5, 5.41) is 14.8. The fourth-order valence-electron chi connectivity index (χ4n) is 5.19.